The van der Waals surface area contributed by atoms with Gasteiger partial charge < -0.3 is 5.73 Å². The van der Waals surface area contributed by atoms with Gasteiger partial charge in [-0.05, 0) is 27.9 Å². The van der Waals surface area contributed by atoms with Gasteiger partial charge in [0.1, 0.15) is 0 Å². The summed E-state index contributed by atoms with van der Waals surface area (Å²) in [4.78, 5) is 0. The van der Waals surface area contributed by atoms with E-state index in [9.17, 15) is 0 Å². The summed E-state index contributed by atoms with van der Waals surface area (Å²) in [6.07, 6.45) is 2.60. The van der Waals surface area contributed by atoms with Crippen molar-refractivity contribution in [2.24, 2.45) is 12.8 Å². The Labute approximate surface area is 103 Å². The van der Waals surface area contributed by atoms with Gasteiger partial charge in [0.2, 0.25) is 0 Å². The molecule has 0 aliphatic heterocycles. The number of nitrogens with two attached hydrogens (primary N) is 1. The number of nitrogens with zero attached hydrogens (tertiary/aromatic N) is 2. The van der Waals surface area contributed by atoms with Gasteiger partial charge in [0, 0.05) is 7.05 Å². The van der Waals surface area contributed by atoms with Crippen LogP contribution in [-0.4, -0.2) is 9.78 Å². The van der Waals surface area contributed by atoms with Gasteiger partial charge in [-0.15, -0.1) is 0 Å². The zero-order valence-electron chi connectivity index (χ0n) is 9.10. The van der Waals surface area contributed by atoms with E-state index in [2.05, 4.69) is 33.2 Å². The molecule has 0 fully saturated rings. The molecule has 0 aliphatic rings. The minimum absolute atomic E-state index is 0.0377. The first-order valence-electron chi connectivity index (χ1n) is 5.15. The first-order valence-corrected chi connectivity index (χ1v) is 5.94. The van der Waals surface area contributed by atoms with Gasteiger partial charge in [0.05, 0.1) is 22.4 Å². The normalized spacial score (nSPS) is 12.7. The lowest BCUT2D eigenvalue weighted by atomic mass is 10.0. The zero-order chi connectivity index (χ0) is 11.5. The standard InChI is InChI=1S/C12H14BrN3/c1-16-12(10(13)8-15-16)11(14)7-9-5-3-2-4-6-9/h2-6,8,11H,7,14H2,1H3. The van der Waals surface area contributed by atoms with Crippen LogP contribution < -0.4 is 5.73 Å². The molecule has 0 radical (unpaired) electrons. The topological polar surface area (TPSA) is 43.8 Å². The third-order valence-corrected chi connectivity index (χ3v) is 3.20. The van der Waals surface area contributed by atoms with Crippen LogP contribution >= 0.6 is 15.9 Å². The first kappa shape index (κ1) is 11.4. The molecule has 1 heterocycles. The van der Waals surface area contributed by atoms with Gasteiger partial charge in [-0.25, -0.2) is 0 Å². The van der Waals surface area contributed by atoms with E-state index in [1.165, 1.54) is 5.56 Å². The molecular weight excluding hydrogens is 266 g/mol. The van der Waals surface area contributed by atoms with Crippen LogP contribution in [0.25, 0.3) is 0 Å². The maximum atomic E-state index is 6.18. The molecular formula is C12H14BrN3. The second kappa shape index (κ2) is 4.80. The van der Waals surface area contributed by atoms with E-state index in [0.717, 1.165) is 16.6 Å². The Morgan fingerprint density at radius 3 is 2.62 bits per heavy atom. The van der Waals surface area contributed by atoms with Crippen molar-refractivity contribution in [3.63, 3.8) is 0 Å². The van der Waals surface area contributed by atoms with Crippen molar-refractivity contribution < 1.29 is 0 Å². The predicted molar refractivity (Wildman–Crippen MR) is 68.0 cm³/mol. The summed E-state index contributed by atoms with van der Waals surface area (Å²) in [7, 11) is 1.91. The van der Waals surface area contributed by atoms with E-state index >= 15 is 0 Å². The number of aryl methyl sites for hydroxylation is 1. The van der Waals surface area contributed by atoms with E-state index in [0.29, 0.717) is 0 Å². The summed E-state index contributed by atoms with van der Waals surface area (Å²) in [6.45, 7) is 0. The molecule has 2 rings (SSSR count). The predicted octanol–water partition coefficient (Wildman–Crippen LogP) is 2.43. The third-order valence-electron chi connectivity index (χ3n) is 2.59. The second-order valence-electron chi connectivity index (χ2n) is 3.80. The molecule has 1 aromatic carbocycles. The lowest BCUT2D eigenvalue weighted by Crippen LogP contribution is -2.17. The van der Waals surface area contributed by atoms with Crippen LogP contribution in [0.3, 0.4) is 0 Å². The van der Waals surface area contributed by atoms with Gasteiger partial charge in [0.15, 0.2) is 0 Å². The molecule has 1 unspecified atom stereocenters. The molecule has 0 aliphatic carbocycles. The Kier molecular flexibility index (Phi) is 3.41. The van der Waals surface area contributed by atoms with Gasteiger partial charge in [-0.3, -0.25) is 4.68 Å². The Morgan fingerprint density at radius 2 is 2.06 bits per heavy atom. The first-order chi connectivity index (χ1) is 7.68. The van der Waals surface area contributed by atoms with E-state index in [4.69, 9.17) is 5.73 Å². The molecule has 1 aromatic heterocycles. The molecule has 0 amide bonds. The monoisotopic (exact) mass is 279 g/mol. The summed E-state index contributed by atoms with van der Waals surface area (Å²) >= 11 is 3.47. The summed E-state index contributed by atoms with van der Waals surface area (Å²) in [5.74, 6) is 0. The van der Waals surface area contributed by atoms with Gasteiger partial charge in [-0.2, -0.15) is 5.10 Å². The minimum Gasteiger partial charge on any atom is -0.322 e. The Hall–Kier alpha value is -1.13. The average Bonchev–Trinajstić information content (AvgIpc) is 2.60. The fourth-order valence-corrected chi connectivity index (χ4v) is 2.44. The highest BCUT2D eigenvalue weighted by atomic mass is 79.9. The van der Waals surface area contributed by atoms with Crippen LogP contribution in [0, 0.1) is 0 Å². The number of rotatable bonds is 3. The molecule has 3 nitrogen and oxygen atoms in total. The molecule has 1 atom stereocenters. The largest absolute Gasteiger partial charge is 0.322 e. The third kappa shape index (κ3) is 2.33. The van der Waals surface area contributed by atoms with E-state index in [1.807, 2.05) is 29.9 Å². The highest BCUT2D eigenvalue weighted by Crippen LogP contribution is 2.23. The van der Waals surface area contributed by atoms with Crippen LogP contribution in [-0.2, 0) is 13.5 Å². The maximum Gasteiger partial charge on any atom is 0.0693 e. The summed E-state index contributed by atoms with van der Waals surface area (Å²) < 4.78 is 2.79. The van der Waals surface area contributed by atoms with Gasteiger partial charge in [0.25, 0.3) is 0 Å². The van der Waals surface area contributed by atoms with Crippen molar-refractivity contribution in [2.45, 2.75) is 12.5 Å². The number of hydrogen-bond donors (Lipinski definition) is 1. The van der Waals surface area contributed by atoms with E-state index in [1.54, 1.807) is 6.20 Å². The number of hydrogen-bond acceptors (Lipinski definition) is 2. The number of halogens is 1. The molecule has 0 saturated heterocycles. The van der Waals surface area contributed by atoms with Crippen LogP contribution in [0.15, 0.2) is 41.0 Å². The molecule has 0 bridgehead atoms. The Bertz CT molecular complexity index is 445. The summed E-state index contributed by atoms with van der Waals surface area (Å²) in [5.41, 5.74) is 8.45. The number of benzene rings is 1. The van der Waals surface area contributed by atoms with Gasteiger partial charge >= 0.3 is 0 Å². The molecule has 0 spiro atoms. The van der Waals surface area contributed by atoms with Crippen molar-refractivity contribution in [1.29, 1.82) is 0 Å². The Balaban J connectivity index is 2.18. The highest BCUT2D eigenvalue weighted by molar-refractivity contribution is 9.10. The van der Waals surface area contributed by atoms with Crippen LogP contribution in [0.4, 0.5) is 0 Å². The molecule has 0 saturated carbocycles. The minimum atomic E-state index is -0.0377. The Morgan fingerprint density at radius 1 is 1.38 bits per heavy atom. The van der Waals surface area contributed by atoms with Crippen molar-refractivity contribution in [2.75, 3.05) is 0 Å². The lowest BCUT2D eigenvalue weighted by Gasteiger charge is -2.12. The average molecular weight is 280 g/mol. The van der Waals surface area contributed by atoms with E-state index in [-0.39, 0.29) is 6.04 Å². The molecule has 2 N–H and O–H groups in total. The van der Waals surface area contributed by atoms with Gasteiger partial charge in [-0.1, -0.05) is 30.3 Å². The fourth-order valence-electron chi connectivity index (χ4n) is 1.80. The molecule has 2 aromatic rings. The maximum absolute atomic E-state index is 6.18. The van der Waals surface area contributed by atoms with E-state index < -0.39 is 0 Å². The lowest BCUT2D eigenvalue weighted by molar-refractivity contribution is 0.615. The van der Waals surface area contributed by atoms with Crippen LogP contribution in [0.5, 0.6) is 0 Å². The highest BCUT2D eigenvalue weighted by Gasteiger charge is 2.14. The number of aromatic nitrogens is 2. The van der Waals surface area contributed by atoms with Crippen LogP contribution in [0.1, 0.15) is 17.3 Å². The summed E-state index contributed by atoms with van der Waals surface area (Å²) in [6, 6.07) is 10.2. The van der Waals surface area contributed by atoms with Crippen LogP contribution in [0.2, 0.25) is 0 Å². The zero-order valence-corrected chi connectivity index (χ0v) is 10.7. The molecule has 16 heavy (non-hydrogen) atoms. The van der Waals surface area contributed by atoms with Crippen molar-refractivity contribution in [1.82, 2.24) is 9.78 Å². The second-order valence-corrected chi connectivity index (χ2v) is 4.65. The van der Waals surface area contributed by atoms with Crippen molar-refractivity contribution in [3.8, 4) is 0 Å². The quantitative estimate of drug-likeness (QED) is 0.938. The van der Waals surface area contributed by atoms with Crippen molar-refractivity contribution in [3.05, 3.63) is 52.3 Å². The smallest absolute Gasteiger partial charge is 0.0693 e. The fraction of sp³-hybridized carbons (Fsp3) is 0.250. The summed E-state index contributed by atoms with van der Waals surface area (Å²) in [5, 5.41) is 4.17. The SMILES string of the molecule is Cn1ncc(Br)c1C(N)Cc1ccccc1. The molecule has 4 heteroatoms. The van der Waals surface area contributed by atoms with Crippen molar-refractivity contribution >= 4 is 15.9 Å². The molecule has 84 valence electrons.